The smallest absolute Gasteiger partial charge is 0.260 e. The Labute approximate surface area is 322 Å². The summed E-state index contributed by atoms with van der Waals surface area (Å²) in [4.78, 5) is 41.4. The first-order valence-electron chi connectivity index (χ1n) is 19.7. The van der Waals surface area contributed by atoms with Crippen molar-refractivity contribution in [2.24, 2.45) is 7.05 Å². The normalized spacial score (nSPS) is 20.2. The zero-order valence-electron chi connectivity index (χ0n) is 31.5. The van der Waals surface area contributed by atoms with Gasteiger partial charge in [-0.1, -0.05) is 66.7 Å². The minimum absolute atomic E-state index is 0.0308. The number of nitrogens with one attached hydrogen (secondary N) is 1. The van der Waals surface area contributed by atoms with Gasteiger partial charge in [0.1, 0.15) is 11.5 Å². The Morgan fingerprint density at radius 3 is 2.36 bits per heavy atom. The number of piperazine rings is 1. The van der Waals surface area contributed by atoms with Crippen LogP contribution in [0.15, 0.2) is 97.1 Å². The molecule has 1 aliphatic carbocycles. The molecule has 3 atom stereocenters. The summed E-state index contributed by atoms with van der Waals surface area (Å²) in [6.07, 6.45) is 5.00. The second-order valence-electron chi connectivity index (χ2n) is 15.1. The van der Waals surface area contributed by atoms with Crippen LogP contribution in [0.4, 0.5) is 0 Å². The Hall–Kier alpha value is -5.48. The molecular formula is C45H49N5O5. The number of ether oxygens (including phenoxy) is 2. The largest absolute Gasteiger partial charge is 0.494 e. The number of piperidine rings is 1. The summed E-state index contributed by atoms with van der Waals surface area (Å²) in [5, 5.41) is 7.84. The lowest BCUT2D eigenvalue weighted by molar-refractivity contribution is -0.135. The molecule has 1 N–H and O–H groups in total. The quantitative estimate of drug-likeness (QED) is 0.118. The van der Waals surface area contributed by atoms with Crippen LogP contribution in [0.25, 0.3) is 10.9 Å². The van der Waals surface area contributed by atoms with E-state index in [4.69, 9.17) is 9.47 Å². The fourth-order valence-electron chi connectivity index (χ4n) is 8.65. The van der Waals surface area contributed by atoms with E-state index in [1.807, 2.05) is 24.1 Å². The molecule has 3 aliphatic rings. The van der Waals surface area contributed by atoms with Crippen molar-refractivity contribution in [1.29, 1.82) is 0 Å². The topological polar surface area (TPSA) is 106 Å². The van der Waals surface area contributed by atoms with Crippen LogP contribution in [0.2, 0.25) is 0 Å². The van der Waals surface area contributed by atoms with Crippen molar-refractivity contribution in [2.75, 3.05) is 45.9 Å². The minimum Gasteiger partial charge on any atom is -0.494 e. The van der Waals surface area contributed by atoms with Gasteiger partial charge in [0.2, 0.25) is 11.8 Å². The lowest BCUT2D eigenvalue weighted by atomic mass is 9.69. The number of aryl methyl sites for hydroxylation is 2. The molecule has 3 heterocycles. The molecule has 0 spiro atoms. The van der Waals surface area contributed by atoms with E-state index < -0.39 is 5.92 Å². The van der Waals surface area contributed by atoms with Crippen LogP contribution in [0.5, 0.6) is 11.5 Å². The highest BCUT2D eigenvalue weighted by molar-refractivity contribution is 6.02. The number of fused-ring (bicyclic) bond motifs is 2. The highest BCUT2D eigenvalue weighted by Gasteiger charge is 2.33. The first-order chi connectivity index (χ1) is 26.9. The predicted molar refractivity (Wildman–Crippen MR) is 211 cm³/mol. The summed E-state index contributed by atoms with van der Waals surface area (Å²) >= 11 is 0. The number of hydrogen-bond donors (Lipinski definition) is 1. The van der Waals surface area contributed by atoms with Gasteiger partial charge in [0.05, 0.1) is 23.7 Å². The fourth-order valence-corrected chi connectivity index (χ4v) is 8.65. The third-order valence-corrected chi connectivity index (χ3v) is 11.6. The number of aromatic nitrogens is 2. The van der Waals surface area contributed by atoms with Crippen LogP contribution in [-0.4, -0.2) is 83.2 Å². The van der Waals surface area contributed by atoms with Gasteiger partial charge in [-0.15, -0.1) is 0 Å². The van der Waals surface area contributed by atoms with Gasteiger partial charge in [0, 0.05) is 57.0 Å². The summed E-state index contributed by atoms with van der Waals surface area (Å²) in [6.45, 7) is 4.66. The second kappa shape index (κ2) is 16.5. The highest BCUT2D eigenvalue weighted by Crippen LogP contribution is 2.46. The van der Waals surface area contributed by atoms with Crippen molar-refractivity contribution < 1.29 is 23.9 Å². The summed E-state index contributed by atoms with van der Waals surface area (Å²) in [5.41, 5.74) is 7.11. The maximum atomic E-state index is 13.0. The zero-order chi connectivity index (χ0) is 37.7. The number of nitrogens with zero attached hydrogens (tertiary/aromatic N) is 4. The van der Waals surface area contributed by atoms with E-state index in [0.717, 1.165) is 62.0 Å². The standard InChI is InChI=1S/C45H49N5O5/c1-48-40-29-35(18-20-38(40)44(47-48)39-21-22-41(51)46-45(39)53)55-30-42(52)50-26-24-49(25-27-50)23-7-8-28-54-34-16-13-33(14-17-34)43-36-12-6-5-11-32(36)15-19-37(43)31-9-3-2-4-10-31/h2-6,9-14,16-18,20,29,37,39,43H,7-8,15,19,21-28,30H2,1H3,(H,46,51,53). The van der Waals surface area contributed by atoms with Crippen molar-refractivity contribution in [1.82, 2.24) is 24.9 Å². The second-order valence-corrected chi connectivity index (χ2v) is 15.1. The predicted octanol–water partition coefficient (Wildman–Crippen LogP) is 6.34. The van der Waals surface area contributed by atoms with E-state index in [1.165, 1.54) is 22.3 Å². The van der Waals surface area contributed by atoms with Gasteiger partial charge < -0.3 is 14.4 Å². The maximum Gasteiger partial charge on any atom is 0.260 e. The Kier molecular flexibility index (Phi) is 10.9. The Morgan fingerprint density at radius 1 is 0.800 bits per heavy atom. The molecule has 10 nitrogen and oxygen atoms in total. The summed E-state index contributed by atoms with van der Waals surface area (Å²) in [7, 11) is 1.81. The molecule has 284 valence electrons. The number of hydrogen-bond acceptors (Lipinski definition) is 7. The van der Waals surface area contributed by atoms with Crippen molar-refractivity contribution in [3.63, 3.8) is 0 Å². The lowest BCUT2D eigenvalue weighted by Crippen LogP contribution is -2.50. The monoisotopic (exact) mass is 739 g/mol. The number of rotatable bonds is 12. The SMILES string of the molecule is Cn1nc(C2CCC(=O)NC2=O)c2ccc(OCC(=O)N3CCN(CCCCOc4ccc(C5c6ccccc6CCC5c5ccccc5)cc4)CC3)cc21. The molecule has 2 fully saturated rings. The van der Waals surface area contributed by atoms with E-state index in [-0.39, 0.29) is 24.3 Å². The Bertz CT molecular complexity index is 2140. The van der Waals surface area contributed by atoms with Gasteiger partial charge in [0.15, 0.2) is 6.61 Å². The van der Waals surface area contributed by atoms with Gasteiger partial charge in [-0.2, -0.15) is 5.10 Å². The van der Waals surface area contributed by atoms with Crippen LogP contribution in [0, 0.1) is 0 Å². The first-order valence-corrected chi connectivity index (χ1v) is 19.7. The summed E-state index contributed by atoms with van der Waals surface area (Å²) in [6, 6.07) is 34.2. The number of carbonyl (C=O) groups excluding carboxylic acids is 3. The average Bonchev–Trinajstić information content (AvgIpc) is 3.54. The van der Waals surface area contributed by atoms with Crippen molar-refractivity contribution in [3.8, 4) is 11.5 Å². The van der Waals surface area contributed by atoms with E-state index in [2.05, 4.69) is 94.2 Å². The van der Waals surface area contributed by atoms with Crippen molar-refractivity contribution >= 4 is 28.6 Å². The van der Waals surface area contributed by atoms with Crippen LogP contribution in [-0.2, 0) is 27.9 Å². The molecule has 1 aromatic heterocycles. The van der Waals surface area contributed by atoms with E-state index in [0.29, 0.717) is 55.8 Å². The first kappa shape index (κ1) is 36.5. The molecule has 8 rings (SSSR count). The van der Waals surface area contributed by atoms with E-state index in [9.17, 15) is 14.4 Å². The Morgan fingerprint density at radius 2 is 1.56 bits per heavy atom. The molecule has 55 heavy (non-hydrogen) atoms. The number of benzene rings is 4. The molecule has 10 heteroatoms. The molecular weight excluding hydrogens is 691 g/mol. The van der Waals surface area contributed by atoms with Gasteiger partial charge >= 0.3 is 0 Å². The number of carbonyl (C=O) groups is 3. The third-order valence-electron chi connectivity index (χ3n) is 11.6. The number of unbranched alkanes of at least 4 members (excludes halogenated alkanes) is 1. The molecule has 5 aromatic rings. The third kappa shape index (κ3) is 8.15. The fraction of sp³-hybridized carbons (Fsp3) is 0.378. The lowest BCUT2D eigenvalue weighted by Gasteiger charge is -2.34. The highest BCUT2D eigenvalue weighted by atomic mass is 16.5. The maximum absolute atomic E-state index is 13.0. The molecule has 0 saturated carbocycles. The van der Waals surface area contributed by atoms with Crippen LogP contribution < -0.4 is 14.8 Å². The molecule has 2 saturated heterocycles. The molecule has 0 radical (unpaired) electrons. The molecule has 0 bridgehead atoms. The summed E-state index contributed by atoms with van der Waals surface area (Å²) < 4.78 is 13.8. The van der Waals surface area contributed by atoms with Gasteiger partial charge in [-0.25, -0.2) is 0 Å². The van der Waals surface area contributed by atoms with Gasteiger partial charge in [-0.05, 0) is 91.1 Å². The van der Waals surface area contributed by atoms with Crippen molar-refractivity contribution in [2.45, 2.75) is 56.3 Å². The van der Waals surface area contributed by atoms with Crippen LogP contribution in [0.3, 0.4) is 0 Å². The van der Waals surface area contributed by atoms with Gasteiger partial charge in [-0.3, -0.25) is 29.3 Å². The minimum atomic E-state index is -0.467. The number of amides is 3. The van der Waals surface area contributed by atoms with E-state index >= 15 is 0 Å². The molecule has 4 aromatic carbocycles. The van der Waals surface area contributed by atoms with Crippen LogP contribution >= 0.6 is 0 Å². The molecule has 2 aliphatic heterocycles. The molecule has 3 unspecified atom stereocenters. The number of imide groups is 1. The van der Waals surface area contributed by atoms with Gasteiger partial charge in [0.25, 0.3) is 5.91 Å². The van der Waals surface area contributed by atoms with Crippen molar-refractivity contribution in [3.05, 3.63) is 125 Å². The summed E-state index contributed by atoms with van der Waals surface area (Å²) in [5.74, 6) is 1.21. The average molecular weight is 740 g/mol. The Balaban J connectivity index is 0.761. The van der Waals surface area contributed by atoms with E-state index in [1.54, 1.807) is 10.7 Å². The zero-order valence-corrected chi connectivity index (χ0v) is 31.5. The van der Waals surface area contributed by atoms with Crippen LogP contribution in [0.1, 0.15) is 77.8 Å². The molecule has 3 amide bonds.